The average molecular weight is 396 g/mol. The van der Waals surface area contributed by atoms with Crippen LogP contribution in [0.25, 0.3) is 0 Å². The summed E-state index contributed by atoms with van der Waals surface area (Å²) in [5.41, 5.74) is 1.68. The molecule has 1 atom stereocenters. The molecule has 7 nitrogen and oxygen atoms in total. The first kappa shape index (κ1) is 20.8. The SMILES string of the molecule is COc1ccc(NC(=O)C(=O)NC[C@@H](c2ccccc2)N2CCN(C)CC2)cc1. The predicted molar refractivity (Wildman–Crippen MR) is 113 cm³/mol. The fraction of sp³-hybridized carbons (Fsp3) is 0.364. The summed E-state index contributed by atoms with van der Waals surface area (Å²) in [6.07, 6.45) is 0. The van der Waals surface area contributed by atoms with Crippen LogP contribution in [-0.4, -0.2) is 68.5 Å². The summed E-state index contributed by atoms with van der Waals surface area (Å²) < 4.78 is 5.09. The second-order valence-electron chi connectivity index (χ2n) is 7.16. The van der Waals surface area contributed by atoms with Gasteiger partial charge >= 0.3 is 11.8 Å². The maximum atomic E-state index is 12.4. The minimum absolute atomic E-state index is 0.0302. The van der Waals surface area contributed by atoms with Crippen LogP contribution < -0.4 is 15.4 Å². The first-order valence-corrected chi connectivity index (χ1v) is 9.77. The van der Waals surface area contributed by atoms with Crippen LogP contribution in [0.4, 0.5) is 5.69 Å². The van der Waals surface area contributed by atoms with Gasteiger partial charge in [0.05, 0.1) is 13.2 Å². The van der Waals surface area contributed by atoms with E-state index in [1.165, 1.54) is 0 Å². The standard InChI is InChI=1S/C22H28N4O3/c1-25-12-14-26(15-13-25)20(17-6-4-3-5-7-17)16-23-21(27)22(28)24-18-8-10-19(29-2)11-9-18/h3-11,20H,12-16H2,1-2H3,(H,23,27)(H,24,28)/t20-/m0/s1. The van der Waals surface area contributed by atoms with Gasteiger partial charge in [-0.05, 0) is 36.9 Å². The molecule has 154 valence electrons. The number of anilines is 1. The van der Waals surface area contributed by atoms with Crippen LogP contribution in [0.5, 0.6) is 5.75 Å². The van der Waals surface area contributed by atoms with E-state index in [9.17, 15) is 9.59 Å². The normalized spacial score (nSPS) is 16.1. The number of ether oxygens (including phenoxy) is 1. The Morgan fingerprint density at radius 3 is 2.24 bits per heavy atom. The Kier molecular flexibility index (Phi) is 7.21. The molecule has 2 aromatic carbocycles. The van der Waals surface area contributed by atoms with Crippen molar-refractivity contribution in [1.29, 1.82) is 0 Å². The van der Waals surface area contributed by atoms with E-state index >= 15 is 0 Å². The second-order valence-corrected chi connectivity index (χ2v) is 7.16. The molecular formula is C22H28N4O3. The second kappa shape index (κ2) is 10.0. The molecule has 0 aliphatic carbocycles. The van der Waals surface area contributed by atoms with Gasteiger partial charge in [0.1, 0.15) is 5.75 Å². The number of likely N-dealkylation sites (N-methyl/N-ethyl adjacent to an activating group) is 1. The number of methoxy groups -OCH3 is 1. The smallest absolute Gasteiger partial charge is 0.313 e. The zero-order valence-corrected chi connectivity index (χ0v) is 16.9. The van der Waals surface area contributed by atoms with Gasteiger partial charge in [-0.1, -0.05) is 30.3 Å². The van der Waals surface area contributed by atoms with Gasteiger partial charge in [-0.15, -0.1) is 0 Å². The van der Waals surface area contributed by atoms with Gasteiger partial charge in [0, 0.05) is 38.4 Å². The first-order valence-electron chi connectivity index (χ1n) is 9.77. The minimum Gasteiger partial charge on any atom is -0.497 e. The molecule has 7 heteroatoms. The number of nitrogens with one attached hydrogen (secondary N) is 2. The van der Waals surface area contributed by atoms with Crippen molar-refractivity contribution in [2.75, 3.05) is 52.2 Å². The van der Waals surface area contributed by atoms with Crippen LogP contribution >= 0.6 is 0 Å². The molecule has 3 rings (SSSR count). The third-order valence-electron chi connectivity index (χ3n) is 5.17. The number of hydrogen-bond donors (Lipinski definition) is 2. The number of piperazine rings is 1. The zero-order chi connectivity index (χ0) is 20.6. The molecule has 2 N–H and O–H groups in total. The van der Waals surface area contributed by atoms with Gasteiger partial charge in [-0.25, -0.2) is 0 Å². The Bertz CT molecular complexity index is 803. The summed E-state index contributed by atoms with van der Waals surface area (Å²) in [5.74, 6) is -0.637. The van der Waals surface area contributed by atoms with E-state index in [2.05, 4.69) is 39.6 Å². The molecule has 0 spiro atoms. The molecule has 2 amide bonds. The van der Waals surface area contributed by atoms with Crippen molar-refractivity contribution in [3.8, 4) is 5.75 Å². The minimum atomic E-state index is -0.680. The molecule has 1 fully saturated rings. The van der Waals surface area contributed by atoms with Crippen molar-refractivity contribution in [2.45, 2.75) is 6.04 Å². The zero-order valence-electron chi connectivity index (χ0n) is 16.9. The van der Waals surface area contributed by atoms with Crippen molar-refractivity contribution in [3.05, 3.63) is 60.2 Å². The van der Waals surface area contributed by atoms with Crippen LogP contribution in [0.3, 0.4) is 0 Å². The fourth-order valence-electron chi connectivity index (χ4n) is 3.40. The third-order valence-corrected chi connectivity index (χ3v) is 5.17. The van der Waals surface area contributed by atoms with Crippen molar-refractivity contribution >= 4 is 17.5 Å². The summed E-state index contributed by atoms with van der Waals surface area (Å²) in [5, 5.41) is 5.42. The number of amides is 2. The molecular weight excluding hydrogens is 368 g/mol. The van der Waals surface area contributed by atoms with Crippen LogP contribution in [0.1, 0.15) is 11.6 Å². The number of carbonyl (C=O) groups is 2. The Balaban J connectivity index is 1.60. The number of benzene rings is 2. The van der Waals surface area contributed by atoms with Gasteiger partial charge < -0.3 is 20.3 Å². The van der Waals surface area contributed by atoms with Gasteiger partial charge in [0.15, 0.2) is 0 Å². The third kappa shape index (κ3) is 5.79. The highest BCUT2D eigenvalue weighted by atomic mass is 16.5. The Morgan fingerprint density at radius 1 is 0.966 bits per heavy atom. The maximum absolute atomic E-state index is 12.4. The lowest BCUT2D eigenvalue weighted by atomic mass is 10.0. The van der Waals surface area contributed by atoms with Gasteiger partial charge in [0.2, 0.25) is 0 Å². The van der Waals surface area contributed by atoms with E-state index < -0.39 is 11.8 Å². The highest BCUT2D eigenvalue weighted by Gasteiger charge is 2.25. The van der Waals surface area contributed by atoms with E-state index in [1.54, 1.807) is 31.4 Å². The lowest BCUT2D eigenvalue weighted by Gasteiger charge is -2.38. The largest absolute Gasteiger partial charge is 0.497 e. The Hall–Kier alpha value is -2.90. The van der Waals surface area contributed by atoms with E-state index in [0.29, 0.717) is 18.0 Å². The fourth-order valence-corrected chi connectivity index (χ4v) is 3.40. The highest BCUT2D eigenvalue weighted by molar-refractivity contribution is 6.39. The van der Waals surface area contributed by atoms with Crippen LogP contribution in [0.2, 0.25) is 0 Å². The highest BCUT2D eigenvalue weighted by Crippen LogP contribution is 2.21. The topological polar surface area (TPSA) is 73.9 Å². The molecule has 0 radical (unpaired) electrons. The summed E-state index contributed by atoms with van der Waals surface area (Å²) in [6.45, 7) is 4.18. The van der Waals surface area contributed by atoms with Crippen molar-refractivity contribution in [2.24, 2.45) is 0 Å². The molecule has 0 aromatic heterocycles. The molecule has 1 saturated heterocycles. The van der Waals surface area contributed by atoms with Gasteiger partial charge in [0.25, 0.3) is 0 Å². The predicted octanol–water partition coefficient (Wildman–Crippen LogP) is 1.74. The Morgan fingerprint density at radius 2 is 1.62 bits per heavy atom. The van der Waals surface area contributed by atoms with Crippen molar-refractivity contribution < 1.29 is 14.3 Å². The molecule has 0 saturated carbocycles. The van der Waals surface area contributed by atoms with Crippen molar-refractivity contribution in [3.63, 3.8) is 0 Å². The average Bonchev–Trinajstić information content (AvgIpc) is 2.76. The molecule has 1 aliphatic rings. The lowest BCUT2D eigenvalue weighted by Crippen LogP contribution is -2.49. The van der Waals surface area contributed by atoms with E-state index in [4.69, 9.17) is 4.74 Å². The van der Waals surface area contributed by atoms with Gasteiger partial charge in [-0.3, -0.25) is 14.5 Å². The molecule has 0 bridgehead atoms. The quantitative estimate of drug-likeness (QED) is 0.728. The number of carbonyl (C=O) groups excluding carboxylic acids is 2. The Labute approximate surface area is 171 Å². The summed E-state index contributed by atoms with van der Waals surface area (Å²) in [7, 11) is 3.69. The first-order chi connectivity index (χ1) is 14.1. The van der Waals surface area contributed by atoms with Gasteiger partial charge in [-0.2, -0.15) is 0 Å². The van der Waals surface area contributed by atoms with Crippen molar-refractivity contribution in [1.82, 2.24) is 15.1 Å². The monoisotopic (exact) mass is 396 g/mol. The van der Waals surface area contributed by atoms with Crippen LogP contribution in [0, 0.1) is 0 Å². The molecule has 1 heterocycles. The van der Waals surface area contributed by atoms with E-state index in [-0.39, 0.29) is 6.04 Å². The number of rotatable bonds is 6. The van der Waals surface area contributed by atoms with Crippen LogP contribution in [0.15, 0.2) is 54.6 Å². The molecule has 1 aliphatic heterocycles. The van der Waals surface area contributed by atoms with E-state index in [0.717, 1.165) is 31.7 Å². The summed E-state index contributed by atoms with van der Waals surface area (Å²) in [4.78, 5) is 29.3. The number of nitrogens with zero attached hydrogens (tertiary/aromatic N) is 2. The molecule has 0 unspecified atom stereocenters. The molecule has 29 heavy (non-hydrogen) atoms. The van der Waals surface area contributed by atoms with E-state index in [1.807, 2.05) is 18.2 Å². The van der Waals surface area contributed by atoms with Crippen LogP contribution in [-0.2, 0) is 9.59 Å². The maximum Gasteiger partial charge on any atom is 0.313 e. The summed E-state index contributed by atoms with van der Waals surface area (Å²) in [6, 6.07) is 17.0. The lowest BCUT2D eigenvalue weighted by molar-refractivity contribution is -0.136. The molecule has 2 aromatic rings. The number of hydrogen-bond acceptors (Lipinski definition) is 5. The summed E-state index contributed by atoms with van der Waals surface area (Å²) >= 11 is 0.